The maximum atomic E-state index is 6.58. The zero-order valence-corrected chi connectivity index (χ0v) is 10.4. The SMILES string of the molecule is NC1CCC(N)(c2ccc3c(c2)CCC3)CC1. The second-order valence-electron chi connectivity index (χ2n) is 5.83. The quantitative estimate of drug-likeness (QED) is 0.777. The highest BCUT2D eigenvalue weighted by atomic mass is 14.8. The fourth-order valence-electron chi connectivity index (χ4n) is 3.33. The summed E-state index contributed by atoms with van der Waals surface area (Å²) in [7, 11) is 0. The van der Waals surface area contributed by atoms with Crippen LogP contribution in [0.2, 0.25) is 0 Å². The molecule has 4 N–H and O–H groups in total. The maximum absolute atomic E-state index is 6.58. The summed E-state index contributed by atoms with van der Waals surface area (Å²) < 4.78 is 0. The molecule has 1 aromatic carbocycles. The van der Waals surface area contributed by atoms with Crippen LogP contribution < -0.4 is 11.5 Å². The number of hydrogen-bond donors (Lipinski definition) is 2. The molecule has 2 aliphatic rings. The van der Waals surface area contributed by atoms with Crippen molar-refractivity contribution >= 4 is 0 Å². The van der Waals surface area contributed by atoms with Gasteiger partial charge in [-0.15, -0.1) is 0 Å². The molecule has 0 bridgehead atoms. The molecule has 92 valence electrons. The van der Waals surface area contributed by atoms with E-state index in [1.165, 1.54) is 36.0 Å². The van der Waals surface area contributed by atoms with Crippen molar-refractivity contribution in [3.8, 4) is 0 Å². The van der Waals surface area contributed by atoms with E-state index in [0.29, 0.717) is 6.04 Å². The van der Waals surface area contributed by atoms with Crippen molar-refractivity contribution in [3.05, 3.63) is 34.9 Å². The molecule has 0 atom stereocenters. The molecule has 2 heteroatoms. The monoisotopic (exact) mass is 230 g/mol. The Balaban J connectivity index is 1.88. The van der Waals surface area contributed by atoms with Gasteiger partial charge in [0.2, 0.25) is 0 Å². The molecule has 0 amide bonds. The third-order valence-corrected chi connectivity index (χ3v) is 4.60. The van der Waals surface area contributed by atoms with Crippen LogP contribution in [0.15, 0.2) is 18.2 Å². The molecule has 17 heavy (non-hydrogen) atoms. The van der Waals surface area contributed by atoms with Crippen LogP contribution >= 0.6 is 0 Å². The van der Waals surface area contributed by atoms with Crippen LogP contribution in [0.4, 0.5) is 0 Å². The normalized spacial score (nSPS) is 32.5. The standard InChI is InChI=1S/C15H22N2/c16-14-6-8-15(17,9-7-14)13-5-4-11-2-1-3-12(11)10-13/h4-5,10,14H,1-3,6-9,16-17H2. The number of nitrogens with two attached hydrogens (primary N) is 2. The zero-order chi connectivity index (χ0) is 11.9. The van der Waals surface area contributed by atoms with Crippen molar-refractivity contribution in [1.29, 1.82) is 0 Å². The minimum atomic E-state index is -0.118. The summed E-state index contributed by atoms with van der Waals surface area (Å²) in [6, 6.07) is 7.27. The molecule has 1 aromatic rings. The average Bonchev–Trinajstić information content (AvgIpc) is 2.80. The Morgan fingerprint density at radius 1 is 1.06 bits per heavy atom. The van der Waals surface area contributed by atoms with Crippen molar-refractivity contribution in [3.63, 3.8) is 0 Å². The zero-order valence-electron chi connectivity index (χ0n) is 10.4. The molecule has 0 spiro atoms. The predicted octanol–water partition coefficient (Wildman–Crippen LogP) is 2.23. The van der Waals surface area contributed by atoms with Gasteiger partial charge in [0, 0.05) is 11.6 Å². The van der Waals surface area contributed by atoms with Crippen LogP contribution in [0.3, 0.4) is 0 Å². The van der Waals surface area contributed by atoms with Crippen molar-refractivity contribution in [2.45, 2.75) is 56.5 Å². The Labute approximate surface area is 103 Å². The van der Waals surface area contributed by atoms with Gasteiger partial charge in [0.25, 0.3) is 0 Å². The molecular weight excluding hydrogens is 208 g/mol. The molecule has 3 rings (SSSR count). The maximum Gasteiger partial charge on any atom is 0.0410 e. The first-order valence-electron chi connectivity index (χ1n) is 6.84. The summed E-state index contributed by atoms with van der Waals surface area (Å²) in [6.45, 7) is 0. The predicted molar refractivity (Wildman–Crippen MR) is 70.8 cm³/mol. The largest absolute Gasteiger partial charge is 0.328 e. The summed E-state index contributed by atoms with van der Waals surface area (Å²) in [6.07, 6.45) is 7.99. The van der Waals surface area contributed by atoms with Crippen LogP contribution in [-0.4, -0.2) is 6.04 Å². The van der Waals surface area contributed by atoms with Crippen molar-refractivity contribution < 1.29 is 0 Å². The summed E-state index contributed by atoms with van der Waals surface area (Å²) >= 11 is 0. The van der Waals surface area contributed by atoms with Gasteiger partial charge in [0.05, 0.1) is 0 Å². The summed E-state index contributed by atoms with van der Waals surface area (Å²) in [4.78, 5) is 0. The van der Waals surface area contributed by atoms with Crippen molar-refractivity contribution in [1.82, 2.24) is 0 Å². The molecule has 0 unspecified atom stereocenters. The van der Waals surface area contributed by atoms with Gasteiger partial charge in [-0.3, -0.25) is 0 Å². The van der Waals surface area contributed by atoms with Gasteiger partial charge in [0.1, 0.15) is 0 Å². The molecule has 0 heterocycles. The van der Waals surface area contributed by atoms with E-state index in [9.17, 15) is 0 Å². The van der Waals surface area contributed by atoms with E-state index in [2.05, 4.69) is 18.2 Å². The molecule has 0 aliphatic heterocycles. The molecular formula is C15H22N2. The van der Waals surface area contributed by atoms with Crippen LogP contribution in [-0.2, 0) is 18.4 Å². The van der Waals surface area contributed by atoms with Gasteiger partial charge in [-0.05, 0) is 61.6 Å². The highest BCUT2D eigenvalue weighted by Gasteiger charge is 2.32. The second-order valence-corrected chi connectivity index (χ2v) is 5.83. The minimum Gasteiger partial charge on any atom is -0.328 e. The lowest BCUT2D eigenvalue weighted by Gasteiger charge is -2.36. The summed E-state index contributed by atoms with van der Waals surface area (Å²) in [5.74, 6) is 0. The fourth-order valence-corrected chi connectivity index (χ4v) is 3.33. The van der Waals surface area contributed by atoms with Gasteiger partial charge < -0.3 is 11.5 Å². The van der Waals surface area contributed by atoms with E-state index in [4.69, 9.17) is 11.5 Å². The molecule has 0 saturated heterocycles. The first kappa shape index (κ1) is 11.2. The van der Waals surface area contributed by atoms with E-state index in [0.717, 1.165) is 25.7 Å². The highest BCUT2D eigenvalue weighted by Crippen LogP contribution is 2.36. The number of fused-ring (bicyclic) bond motifs is 1. The molecule has 0 radical (unpaired) electrons. The Morgan fingerprint density at radius 3 is 2.53 bits per heavy atom. The third-order valence-electron chi connectivity index (χ3n) is 4.60. The molecule has 2 nitrogen and oxygen atoms in total. The third kappa shape index (κ3) is 2.00. The van der Waals surface area contributed by atoms with E-state index < -0.39 is 0 Å². The number of aryl methyl sites for hydroxylation is 2. The van der Waals surface area contributed by atoms with Gasteiger partial charge in [-0.2, -0.15) is 0 Å². The lowest BCUT2D eigenvalue weighted by Crippen LogP contribution is -2.43. The van der Waals surface area contributed by atoms with Crippen LogP contribution in [0.5, 0.6) is 0 Å². The molecule has 1 saturated carbocycles. The van der Waals surface area contributed by atoms with Gasteiger partial charge in [-0.25, -0.2) is 0 Å². The Kier molecular flexibility index (Phi) is 2.72. The average molecular weight is 230 g/mol. The first-order valence-corrected chi connectivity index (χ1v) is 6.84. The van der Waals surface area contributed by atoms with Crippen LogP contribution in [0, 0.1) is 0 Å². The second kappa shape index (κ2) is 4.11. The summed E-state index contributed by atoms with van der Waals surface area (Å²) in [5.41, 5.74) is 16.8. The minimum absolute atomic E-state index is 0.118. The molecule has 2 aliphatic carbocycles. The first-order chi connectivity index (χ1) is 8.17. The van der Waals surface area contributed by atoms with Crippen molar-refractivity contribution in [2.24, 2.45) is 11.5 Å². The molecule has 0 aromatic heterocycles. The van der Waals surface area contributed by atoms with Crippen molar-refractivity contribution in [2.75, 3.05) is 0 Å². The van der Waals surface area contributed by atoms with E-state index >= 15 is 0 Å². The van der Waals surface area contributed by atoms with E-state index in [-0.39, 0.29) is 5.54 Å². The Hall–Kier alpha value is -0.860. The Bertz CT molecular complexity index is 417. The highest BCUT2D eigenvalue weighted by molar-refractivity contribution is 5.38. The smallest absolute Gasteiger partial charge is 0.0410 e. The van der Waals surface area contributed by atoms with Crippen LogP contribution in [0.1, 0.15) is 48.8 Å². The van der Waals surface area contributed by atoms with Crippen LogP contribution in [0.25, 0.3) is 0 Å². The van der Waals surface area contributed by atoms with Gasteiger partial charge >= 0.3 is 0 Å². The Morgan fingerprint density at radius 2 is 1.76 bits per heavy atom. The lowest BCUT2D eigenvalue weighted by atomic mass is 9.75. The van der Waals surface area contributed by atoms with Gasteiger partial charge in [-0.1, -0.05) is 18.2 Å². The number of rotatable bonds is 1. The summed E-state index contributed by atoms with van der Waals surface area (Å²) in [5, 5.41) is 0. The topological polar surface area (TPSA) is 52.0 Å². The van der Waals surface area contributed by atoms with Gasteiger partial charge in [0.15, 0.2) is 0 Å². The number of hydrogen-bond acceptors (Lipinski definition) is 2. The fraction of sp³-hybridized carbons (Fsp3) is 0.600. The molecule has 1 fully saturated rings. The number of benzene rings is 1. The lowest BCUT2D eigenvalue weighted by molar-refractivity contribution is 0.277. The van der Waals surface area contributed by atoms with E-state index in [1.54, 1.807) is 0 Å². The van der Waals surface area contributed by atoms with E-state index in [1.807, 2.05) is 0 Å².